The molecule has 0 spiro atoms. The van der Waals surface area contributed by atoms with Crippen LogP contribution in [0.4, 0.5) is 0 Å². The second-order valence-electron chi connectivity index (χ2n) is 4.67. The van der Waals surface area contributed by atoms with Crippen LogP contribution < -0.4 is 0 Å². The fourth-order valence-corrected chi connectivity index (χ4v) is 2.68. The van der Waals surface area contributed by atoms with Crippen molar-refractivity contribution in [2.45, 2.75) is 0 Å². The molecule has 0 amide bonds. The molecule has 1 aromatic carbocycles. The van der Waals surface area contributed by atoms with E-state index >= 15 is 0 Å². The molecule has 1 aliphatic carbocycles. The molecule has 2 aromatic heterocycles. The summed E-state index contributed by atoms with van der Waals surface area (Å²) in [6.07, 6.45) is 2.92. The topological polar surface area (TPSA) is 106 Å². The number of carbonyl (C=O) groups is 2. The summed E-state index contributed by atoms with van der Waals surface area (Å²) in [7, 11) is 0. The van der Waals surface area contributed by atoms with Gasteiger partial charge in [0.1, 0.15) is 11.5 Å². The minimum atomic E-state index is -0.358. The standard InChI is InChI=1S/C14H8N2O4/c17-7-1-2-8(18)11-9(7)10-12(16-11)14(20)6-4-15-3-5(6)13(10)19/h1-4,15-18H. The highest BCUT2D eigenvalue weighted by Gasteiger charge is 2.35. The monoisotopic (exact) mass is 268 g/mol. The Morgan fingerprint density at radius 3 is 2.30 bits per heavy atom. The summed E-state index contributed by atoms with van der Waals surface area (Å²) in [6.45, 7) is 0. The third-order valence-corrected chi connectivity index (χ3v) is 3.60. The molecular weight excluding hydrogens is 260 g/mol. The fraction of sp³-hybridized carbons (Fsp3) is 0. The normalized spacial score (nSPS) is 13.6. The SMILES string of the molecule is O=C1c2c[nH]cc2C(=O)c2c1[nH]c1c(O)ccc(O)c21. The Balaban J connectivity index is 2.19. The highest BCUT2D eigenvalue weighted by molar-refractivity contribution is 6.32. The van der Waals surface area contributed by atoms with Crippen LogP contribution in [-0.4, -0.2) is 31.7 Å². The number of rotatable bonds is 0. The van der Waals surface area contributed by atoms with Crippen molar-refractivity contribution in [2.24, 2.45) is 0 Å². The molecule has 2 heterocycles. The first kappa shape index (κ1) is 10.9. The van der Waals surface area contributed by atoms with E-state index in [4.69, 9.17) is 0 Å². The molecule has 0 unspecified atom stereocenters. The molecule has 0 atom stereocenters. The minimum Gasteiger partial charge on any atom is -0.507 e. The van der Waals surface area contributed by atoms with Gasteiger partial charge in [0.25, 0.3) is 0 Å². The number of aromatic hydroxyl groups is 2. The zero-order valence-corrected chi connectivity index (χ0v) is 10.0. The highest BCUT2D eigenvalue weighted by atomic mass is 16.3. The number of hydrogen-bond acceptors (Lipinski definition) is 4. The van der Waals surface area contributed by atoms with Gasteiger partial charge in [0.15, 0.2) is 5.78 Å². The molecule has 4 N–H and O–H groups in total. The van der Waals surface area contributed by atoms with Crippen molar-refractivity contribution >= 4 is 22.5 Å². The zero-order valence-electron chi connectivity index (χ0n) is 10.0. The average Bonchev–Trinajstić information content (AvgIpc) is 3.05. The lowest BCUT2D eigenvalue weighted by atomic mass is 9.89. The second-order valence-corrected chi connectivity index (χ2v) is 4.67. The van der Waals surface area contributed by atoms with E-state index < -0.39 is 0 Å². The van der Waals surface area contributed by atoms with Gasteiger partial charge in [-0.2, -0.15) is 0 Å². The van der Waals surface area contributed by atoms with Crippen LogP contribution in [0.1, 0.15) is 32.0 Å². The maximum atomic E-state index is 12.5. The Morgan fingerprint density at radius 2 is 1.55 bits per heavy atom. The zero-order chi connectivity index (χ0) is 14.0. The molecule has 0 aliphatic heterocycles. The Labute approximate surface area is 111 Å². The number of nitrogens with one attached hydrogen (secondary N) is 2. The van der Waals surface area contributed by atoms with Gasteiger partial charge in [-0.3, -0.25) is 9.59 Å². The summed E-state index contributed by atoms with van der Waals surface area (Å²) < 4.78 is 0. The Bertz CT molecular complexity index is 917. The number of ketones is 2. The number of phenols is 2. The smallest absolute Gasteiger partial charge is 0.212 e. The summed E-state index contributed by atoms with van der Waals surface area (Å²) in [5.41, 5.74) is 0.935. The summed E-state index contributed by atoms with van der Waals surface area (Å²) in [4.78, 5) is 30.3. The van der Waals surface area contributed by atoms with E-state index in [9.17, 15) is 19.8 Å². The molecule has 3 aromatic rings. The van der Waals surface area contributed by atoms with Crippen LogP contribution >= 0.6 is 0 Å². The third-order valence-electron chi connectivity index (χ3n) is 3.60. The number of aromatic nitrogens is 2. The summed E-state index contributed by atoms with van der Waals surface area (Å²) >= 11 is 0. The van der Waals surface area contributed by atoms with Crippen molar-refractivity contribution < 1.29 is 19.8 Å². The molecule has 0 saturated heterocycles. The van der Waals surface area contributed by atoms with Crippen LogP contribution in [0.2, 0.25) is 0 Å². The van der Waals surface area contributed by atoms with Gasteiger partial charge in [0, 0.05) is 12.4 Å². The summed E-state index contributed by atoms with van der Waals surface area (Å²) in [5, 5.41) is 19.9. The molecule has 4 rings (SSSR count). The number of phenolic OH excluding ortho intramolecular Hbond substituents is 2. The van der Waals surface area contributed by atoms with Gasteiger partial charge in [-0.1, -0.05) is 0 Å². The van der Waals surface area contributed by atoms with Crippen LogP contribution in [0.25, 0.3) is 10.9 Å². The molecule has 0 saturated carbocycles. The number of benzene rings is 1. The van der Waals surface area contributed by atoms with Gasteiger partial charge in [-0.05, 0) is 12.1 Å². The molecule has 20 heavy (non-hydrogen) atoms. The van der Waals surface area contributed by atoms with Crippen LogP contribution in [0.15, 0.2) is 24.5 Å². The Kier molecular flexibility index (Phi) is 1.79. The molecule has 6 nitrogen and oxygen atoms in total. The maximum Gasteiger partial charge on any atom is 0.212 e. The van der Waals surface area contributed by atoms with E-state index in [0.717, 1.165) is 0 Å². The van der Waals surface area contributed by atoms with E-state index in [-0.39, 0.29) is 56.4 Å². The first-order valence-corrected chi connectivity index (χ1v) is 5.92. The van der Waals surface area contributed by atoms with Gasteiger partial charge in [0.2, 0.25) is 5.78 Å². The third kappa shape index (κ3) is 1.08. The van der Waals surface area contributed by atoms with Crippen molar-refractivity contribution in [3.63, 3.8) is 0 Å². The molecule has 0 radical (unpaired) electrons. The second kappa shape index (κ2) is 3.30. The average molecular weight is 268 g/mol. The van der Waals surface area contributed by atoms with E-state index in [1.165, 1.54) is 24.5 Å². The Morgan fingerprint density at radius 1 is 0.900 bits per heavy atom. The van der Waals surface area contributed by atoms with Crippen molar-refractivity contribution in [3.8, 4) is 11.5 Å². The number of fused-ring (bicyclic) bond motifs is 4. The van der Waals surface area contributed by atoms with Gasteiger partial charge in [0.05, 0.1) is 33.3 Å². The predicted octanol–water partition coefficient (Wildman–Crippen LogP) is 1.68. The summed E-state index contributed by atoms with van der Waals surface area (Å²) in [6, 6.07) is 2.59. The number of hydrogen-bond donors (Lipinski definition) is 4. The van der Waals surface area contributed by atoms with Gasteiger partial charge in [-0.15, -0.1) is 0 Å². The lowest BCUT2D eigenvalue weighted by molar-refractivity contribution is 0.0979. The van der Waals surface area contributed by atoms with Crippen LogP contribution in [-0.2, 0) is 0 Å². The summed E-state index contributed by atoms with van der Waals surface area (Å²) in [5.74, 6) is -0.983. The van der Waals surface area contributed by atoms with Crippen molar-refractivity contribution in [1.29, 1.82) is 0 Å². The first-order chi connectivity index (χ1) is 9.59. The van der Waals surface area contributed by atoms with Crippen molar-refractivity contribution in [1.82, 2.24) is 9.97 Å². The van der Waals surface area contributed by atoms with Crippen LogP contribution in [0.3, 0.4) is 0 Å². The Hall–Kier alpha value is -3.02. The van der Waals surface area contributed by atoms with Crippen molar-refractivity contribution in [2.75, 3.05) is 0 Å². The van der Waals surface area contributed by atoms with Crippen LogP contribution in [0, 0.1) is 0 Å². The predicted molar refractivity (Wildman–Crippen MR) is 69.3 cm³/mol. The van der Waals surface area contributed by atoms with Gasteiger partial charge >= 0.3 is 0 Å². The molecule has 1 aliphatic rings. The van der Waals surface area contributed by atoms with Gasteiger partial charge < -0.3 is 20.2 Å². The van der Waals surface area contributed by atoms with Gasteiger partial charge in [-0.25, -0.2) is 0 Å². The minimum absolute atomic E-state index is 0.0916. The fourth-order valence-electron chi connectivity index (χ4n) is 2.68. The molecule has 0 bridgehead atoms. The number of carbonyl (C=O) groups excluding carboxylic acids is 2. The quantitative estimate of drug-likeness (QED) is 0.364. The highest BCUT2D eigenvalue weighted by Crippen LogP contribution is 2.39. The van der Waals surface area contributed by atoms with E-state index in [1.54, 1.807) is 0 Å². The first-order valence-electron chi connectivity index (χ1n) is 5.92. The van der Waals surface area contributed by atoms with E-state index in [2.05, 4.69) is 9.97 Å². The van der Waals surface area contributed by atoms with E-state index in [1.807, 2.05) is 0 Å². The van der Waals surface area contributed by atoms with Crippen molar-refractivity contribution in [3.05, 3.63) is 46.9 Å². The largest absolute Gasteiger partial charge is 0.507 e. The molecule has 98 valence electrons. The molecular formula is C14H8N2O4. The lowest BCUT2D eigenvalue weighted by Crippen LogP contribution is -2.18. The number of aromatic amines is 2. The van der Waals surface area contributed by atoms with E-state index in [0.29, 0.717) is 0 Å². The van der Waals surface area contributed by atoms with Crippen LogP contribution in [0.5, 0.6) is 11.5 Å². The lowest BCUT2D eigenvalue weighted by Gasteiger charge is -2.10. The molecule has 0 fully saturated rings. The number of H-pyrrole nitrogens is 2. The maximum absolute atomic E-state index is 12.5. The molecule has 6 heteroatoms.